The number of benzene rings is 2. The Morgan fingerprint density at radius 3 is 2.61 bits per heavy atom. The lowest BCUT2D eigenvalue weighted by molar-refractivity contribution is -0.113. The normalized spacial score (nSPS) is 9.70. The molecule has 2 rings (SSSR count). The van der Waals surface area contributed by atoms with Gasteiger partial charge in [-0.3, -0.25) is 4.79 Å². The molecule has 0 bridgehead atoms. The SMILES string of the molecule is CCCOc1ccc(N(C)C(=O)C#Cc2ccccc2)c(I)c1. The van der Waals surface area contributed by atoms with Crippen LogP contribution >= 0.6 is 22.6 Å². The van der Waals surface area contributed by atoms with E-state index in [1.807, 2.05) is 48.5 Å². The minimum absolute atomic E-state index is 0.242. The molecule has 1 amide bonds. The topological polar surface area (TPSA) is 29.5 Å². The van der Waals surface area contributed by atoms with Crippen molar-refractivity contribution in [2.75, 3.05) is 18.6 Å². The zero-order valence-electron chi connectivity index (χ0n) is 13.2. The van der Waals surface area contributed by atoms with Crippen molar-refractivity contribution in [1.29, 1.82) is 0 Å². The van der Waals surface area contributed by atoms with Gasteiger partial charge in [0.15, 0.2) is 0 Å². The third kappa shape index (κ3) is 5.00. The summed E-state index contributed by atoms with van der Waals surface area (Å²) < 4.78 is 6.55. The molecular formula is C19H18INO2. The van der Waals surface area contributed by atoms with Crippen molar-refractivity contribution in [1.82, 2.24) is 0 Å². The van der Waals surface area contributed by atoms with Crippen LogP contribution < -0.4 is 9.64 Å². The van der Waals surface area contributed by atoms with Crippen molar-refractivity contribution in [3.05, 3.63) is 57.7 Å². The number of rotatable bonds is 4. The van der Waals surface area contributed by atoms with E-state index in [4.69, 9.17) is 4.74 Å². The Hall–Kier alpha value is -2.00. The summed E-state index contributed by atoms with van der Waals surface area (Å²) in [5.74, 6) is 6.14. The molecule has 23 heavy (non-hydrogen) atoms. The minimum atomic E-state index is -0.242. The first-order valence-corrected chi connectivity index (χ1v) is 8.46. The maximum atomic E-state index is 12.2. The highest BCUT2D eigenvalue weighted by molar-refractivity contribution is 14.1. The van der Waals surface area contributed by atoms with Crippen LogP contribution in [0.2, 0.25) is 0 Å². The monoisotopic (exact) mass is 419 g/mol. The van der Waals surface area contributed by atoms with E-state index in [-0.39, 0.29) is 5.91 Å². The third-order valence-electron chi connectivity index (χ3n) is 3.15. The average molecular weight is 419 g/mol. The van der Waals surface area contributed by atoms with E-state index in [0.717, 1.165) is 27.0 Å². The maximum absolute atomic E-state index is 12.2. The molecule has 0 heterocycles. The Bertz CT molecular complexity index is 732. The number of hydrogen-bond donors (Lipinski definition) is 0. The predicted octanol–water partition coefficient (Wildman–Crippen LogP) is 4.09. The summed E-state index contributed by atoms with van der Waals surface area (Å²) in [4.78, 5) is 13.8. The Morgan fingerprint density at radius 1 is 1.22 bits per heavy atom. The number of carbonyl (C=O) groups is 1. The molecule has 0 spiro atoms. The number of carbonyl (C=O) groups excluding carboxylic acids is 1. The summed E-state index contributed by atoms with van der Waals surface area (Å²) in [5, 5.41) is 0. The Labute approximate surface area is 150 Å². The van der Waals surface area contributed by atoms with Crippen LogP contribution in [0.5, 0.6) is 5.75 Å². The Balaban J connectivity index is 2.12. The highest BCUT2D eigenvalue weighted by Crippen LogP contribution is 2.26. The quantitative estimate of drug-likeness (QED) is 0.552. The highest BCUT2D eigenvalue weighted by atomic mass is 127. The zero-order chi connectivity index (χ0) is 16.7. The van der Waals surface area contributed by atoms with Gasteiger partial charge in [0.2, 0.25) is 0 Å². The molecule has 2 aromatic carbocycles. The van der Waals surface area contributed by atoms with E-state index in [0.29, 0.717) is 6.61 Å². The van der Waals surface area contributed by atoms with Crippen LogP contribution in [0.15, 0.2) is 48.5 Å². The van der Waals surface area contributed by atoms with Crippen LogP contribution in [0.3, 0.4) is 0 Å². The molecule has 0 aliphatic rings. The largest absolute Gasteiger partial charge is 0.494 e. The second kappa shape index (κ2) is 8.59. The van der Waals surface area contributed by atoms with Crippen molar-refractivity contribution in [3.63, 3.8) is 0 Å². The molecule has 0 aliphatic carbocycles. The third-order valence-corrected chi connectivity index (χ3v) is 4.01. The number of halogens is 1. The average Bonchev–Trinajstić information content (AvgIpc) is 2.58. The molecule has 0 unspecified atom stereocenters. The summed E-state index contributed by atoms with van der Waals surface area (Å²) >= 11 is 2.20. The fourth-order valence-corrected chi connectivity index (χ4v) is 2.76. The number of ether oxygens (including phenoxy) is 1. The van der Waals surface area contributed by atoms with E-state index >= 15 is 0 Å². The van der Waals surface area contributed by atoms with Gasteiger partial charge in [0.05, 0.1) is 12.3 Å². The minimum Gasteiger partial charge on any atom is -0.494 e. The van der Waals surface area contributed by atoms with E-state index in [1.165, 1.54) is 0 Å². The molecule has 0 fully saturated rings. The molecule has 118 valence electrons. The summed E-state index contributed by atoms with van der Waals surface area (Å²) in [6.07, 6.45) is 0.964. The molecule has 0 N–H and O–H groups in total. The van der Waals surface area contributed by atoms with Gasteiger partial charge < -0.3 is 9.64 Å². The van der Waals surface area contributed by atoms with E-state index in [2.05, 4.69) is 41.4 Å². The second-order valence-corrected chi connectivity index (χ2v) is 6.10. The number of nitrogens with zero attached hydrogens (tertiary/aromatic N) is 1. The van der Waals surface area contributed by atoms with Gasteiger partial charge in [0.1, 0.15) is 5.75 Å². The molecule has 2 aromatic rings. The van der Waals surface area contributed by atoms with Crippen molar-refractivity contribution in [2.45, 2.75) is 13.3 Å². The van der Waals surface area contributed by atoms with Gasteiger partial charge >= 0.3 is 5.91 Å². The molecule has 0 aliphatic heterocycles. The molecular weight excluding hydrogens is 401 g/mol. The summed E-state index contributed by atoms with van der Waals surface area (Å²) in [7, 11) is 1.73. The summed E-state index contributed by atoms with van der Waals surface area (Å²) in [6.45, 7) is 2.75. The number of hydrogen-bond acceptors (Lipinski definition) is 2. The van der Waals surface area contributed by atoms with Gasteiger partial charge in [0, 0.05) is 22.1 Å². The Morgan fingerprint density at radius 2 is 1.96 bits per heavy atom. The van der Waals surface area contributed by atoms with Crippen molar-refractivity contribution in [3.8, 4) is 17.6 Å². The maximum Gasteiger partial charge on any atom is 0.303 e. The van der Waals surface area contributed by atoms with E-state index in [1.54, 1.807) is 11.9 Å². The molecule has 3 nitrogen and oxygen atoms in total. The molecule has 0 radical (unpaired) electrons. The first kappa shape index (κ1) is 17.4. The van der Waals surface area contributed by atoms with Crippen molar-refractivity contribution in [2.24, 2.45) is 0 Å². The molecule has 0 saturated carbocycles. The predicted molar refractivity (Wildman–Crippen MR) is 102 cm³/mol. The molecule has 0 aromatic heterocycles. The standard InChI is InChI=1S/C19H18INO2/c1-3-13-23-16-10-11-18(17(20)14-16)21(2)19(22)12-9-15-7-5-4-6-8-15/h4-8,10-11,14H,3,13H2,1-2H3. The molecule has 4 heteroatoms. The van der Waals surface area contributed by atoms with Gasteiger partial charge in [-0.25, -0.2) is 0 Å². The zero-order valence-corrected chi connectivity index (χ0v) is 15.3. The van der Waals surface area contributed by atoms with Gasteiger partial charge in [-0.15, -0.1) is 0 Å². The smallest absolute Gasteiger partial charge is 0.303 e. The van der Waals surface area contributed by atoms with E-state index in [9.17, 15) is 4.79 Å². The first-order chi connectivity index (χ1) is 11.1. The lowest BCUT2D eigenvalue weighted by Crippen LogP contribution is -2.25. The second-order valence-electron chi connectivity index (χ2n) is 4.94. The summed E-state index contributed by atoms with van der Waals surface area (Å²) in [6, 6.07) is 15.2. The lowest BCUT2D eigenvalue weighted by Gasteiger charge is -2.17. The van der Waals surface area contributed by atoms with Crippen LogP contribution in [-0.2, 0) is 4.79 Å². The van der Waals surface area contributed by atoms with Crippen LogP contribution in [-0.4, -0.2) is 19.6 Å². The first-order valence-electron chi connectivity index (χ1n) is 7.39. The number of anilines is 1. The van der Waals surface area contributed by atoms with Crippen LogP contribution in [0.1, 0.15) is 18.9 Å². The summed E-state index contributed by atoms with van der Waals surface area (Å²) in [5.41, 5.74) is 1.65. The molecule has 0 saturated heterocycles. The lowest BCUT2D eigenvalue weighted by atomic mass is 10.2. The molecule has 0 atom stereocenters. The van der Waals surface area contributed by atoms with Crippen LogP contribution in [0.4, 0.5) is 5.69 Å². The fourth-order valence-electron chi connectivity index (χ4n) is 1.91. The highest BCUT2D eigenvalue weighted by Gasteiger charge is 2.12. The van der Waals surface area contributed by atoms with Crippen LogP contribution in [0.25, 0.3) is 0 Å². The Kier molecular flexibility index (Phi) is 6.48. The van der Waals surface area contributed by atoms with Gasteiger partial charge in [-0.2, -0.15) is 0 Å². The van der Waals surface area contributed by atoms with Crippen molar-refractivity contribution < 1.29 is 9.53 Å². The fraction of sp³-hybridized carbons (Fsp3) is 0.211. The van der Waals surface area contributed by atoms with Gasteiger partial charge in [0.25, 0.3) is 0 Å². The number of amides is 1. The van der Waals surface area contributed by atoms with E-state index < -0.39 is 0 Å². The van der Waals surface area contributed by atoms with Gasteiger partial charge in [-0.05, 0) is 59.3 Å². The van der Waals surface area contributed by atoms with Crippen LogP contribution in [0, 0.1) is 15.4 Å². The van der Waals surface area contributed by atoms with Crippen molar-refractivity contribution >= 4 is 34.2 Å². The van der Waals surface area contributed by atoms with Gasteiger partial charge in [-0.1, -0.05) is 31.0 Å².